The Bertz CT molecular complexity index is 419. The van der Waals surface area contributed by atoms with Gasteiger partial charge in [-0.1, -0.05) is 13.8 Å². The summed E-state index contributed by atoms with van der Waals surface area (Å²) in [5.74, 6) is -2.44. The lowest BCUT2D eigenvalue weighted by Crippen LogP contribution is -2.51. The van der Waals surface area contributed by atoms with Crippen molar-refractivity contribution in [2.45, 2.75) is 64.2 Å². The number of rotatable bonds is 15. The van der Waals surface area contributed by atoms with Crippen LogP contribution in [0.5, 0.6) is 0 Å². The van der Waals surface area contributed by atoms with Crippen LogP contribution in [0.3, 0.4) is 0 Å². The van der Waals surface area contributed by atoms with Gasteiger partial charge in [-0.2, -0.15) is 0 Å². The maximum atomic E-state index is 11.4. The van der Waals surface area contributed by atoms with E-state index in [-0.39, 0.29) is 19.5 Å². The summed E-state index contributed by atoms with van der Waals surface area (Å²) in [5.41, 5.74) is 0. The van der Waals surface area contributed by atoms with Crippen LogP contribution in [-0.2, 0) is 9.59 Å². The normalized spacial score (nSPS) is 14.4. The number of nitrogens with zero attached hydrogens (tertiary/aromatic N) is 2. The van der Waals surface area contributed by atoms with Gasteiger partial charge in [0.05, 0.1) is 12.5 Å². The lowest BCUT2D eigenvalue weighted by molar-refractivity contribution is -0.150. The van der Waals surface area contributed by atoms with E-state index in [0.29, 0.717) is 25.9 Å². The Morgan fingerprint density at radius 1 is 0.846 bits per heavy atom. The molecule has 0 saturated carbocycles. The van der Waals surface area contributed by atoms with Crippen molar-refractivity contribution in [3.8, 4) is 0 Å². The number of hydrogen-bond acceptors (Lipinski definition) is 8. The molecular formula is C16H32N2O8. The molecule has 0 saturated heterocycles. The van der Waals surface area contributed by atoms with E-state index < -0.39 is 43.0 Å². The molecule has 0 heterocycles. The molecule has 0 aliphatic heterocycles. The minimum absolute atomic E-state index is 0.197. The molecule has 10 nitrogen and oxygen atoms in total. The number of hydrogen-bond donors (Lipinski definition) is 6. The second-order valence-electron chi connectivity index (χ2n) is 6.22. The van der Waals surface area contributed by atoms with Crippen LogP contribution in [0, 0.1) is 0 Å². The molecule has 0 aliphatic rings. The molecule has 0 radical (unpaired) electrons. The smallest absolute Gasteiger partial charge is 0.321 e. The largest absolute Gasteiger partial charge is 0.481 e. The highest BCUT2D eigenvalue weighted by atomic mass is 16.5. The first-order valence-corrected chi connectivity index (χ1v) is 8.78. The maximum Gasteiger partial charge on any atom is 0.321 e. The highest BCUT2D eigenvalue weighted by Crippen LogP contribution is 2.13. The second kappa shape index (κ2) is 13.0. The number of carboxylic acid groups (broad SMARTS) is 2. The van der Waals surface area contributed by atoms with Crippen molar-refractivity contribution in [2.24, 2.45) is 0 Å². The van der Waals surface area contributed by atoms with Gasteiger partial charge in [0.25, 0.3) is 0 Å². The number of aliphatic hydroxyl groups excluding tert-OH is 2. The Hall–Kier alpha value is -1.30. The fraction of sp³-hybridized carbons (Fsp3) is 0.875. The van der Waals surface area contributed by atoms with E-state index in [2.05, 4.69) is 0 Å². The summed E-state index contributed by atoms with van der Waals surface area (Å²) in [6, 6.07) is -2.11. The van der Waals surface area contributed by atoms with Crippen LogP contribution < -0.4 is 0 Å². The quantitative estimate of drug-likeness (QED) is 0.189. The Morgan fingerprint density at radius 2 is 1.35 bits per heavy atom. The minimum atomic E-state index is -1.79. The van der Waals surface area contributed by atoms with Crippen molar-refractivity contribution >= 4 is 11.9 Å². The molecule has 154 valence electrons. The van der Waals surface area contributed by atoms with Crippen molar-refractivity contribution in [2.75, 3.05) is 26.2 Å². The van der Waals surface area contributed by atoms with Crippen LogP contribution in [0.15, 0.2) is 0 Å². The van der Waals surface area contributed by atoms with Gasteiger partial charge in [0.1, 0.15) is 6.04 Å². The summed E-state index contributed by atoms with van der Waals surface area (Å²) in [4.78, 5) is 25.6. The summed E-state index contributed by atoms with van der Waals surface area (Å²) < 4.78 is 0. The van der Waals surface area contributed by atoms with Gasteiger partial charge in [-0.15, -0.1) is 0 Å². The number of aliphatic carboxylic acids is 2. The van der Waals surface area contributed by atoms with Gasteiger partial charge in [0.15, 0.2) is 12.6 Å². The van der Waals surface area contributed by atoms with Crippen LogP contribution in [0.1, 0.15) is 39.5 Å². The van der Waals surface area contributed by atoms with Gasteiger partial charge in [-0.3, -0.25) is 19.4 Å². The number of aliphatic hydroxyl groups is 4. The molecule has 2 atom stereocenters. The molecule has 2 unspecified atom stereocenters. The van der Waals surface area contributed by atoms with Crippen LogP contribution in [0.25, 0.3) is 0 Å². The van der Waals surface area contributed by atoms with Crippen molar-refractivity contribution in [3.63, 3.8) is 0 Å². The third-order valence-electron chi connectivity index (χ3n) is 4.06. The van der Waals surface area contributed by atoms with Gasteiger partial charge in [0, 0.05) is 19.5 Å². The van der Waals surface area contributed by atoms with Crippen LogP contribution in [-0.4, -0.2) is 103 Å². The highest BCUT2D eigenvalue weighted by molar-refractivity contribution is 5.80. The molecule has 10 heteroatoms. The first kappa shape index (κ1) is 24.7. The van der Waals surface area contributed by atoms with E-state index in [1.54, 1.807) is 4.90 Å². The first-order chi connectivity index (χ1) is 12.1. The predicted octanol–water partition coefficient (Wildman–Crippen LogP) is -1.28. The van der Waals surface area contributed by atoms with Crippen molar-refractivity contribution in [1.29, 1.82) is 0 Å². The fourth-order valence-electron chi connectivity index (χ4n) is 2.91. The first-order valence-electron chi connectivity index (χ1n) is 8.78. The molecule has 26 heavy (non-hydrogen) atoms. The molecule has 0 aliphatic carbocycles. The molecule has 0 amide bonds. The third kappa shape index (κ3) is 9.41. The average Bonchev–Trinajstić information content (AvgIpc) is 2.52. The number of carboxylic acids is 2. The fourth-order valence-corrected chi connectivity index (χ4v) is 2.91. The standard InChI is InChI=1S/C16H32N2O8/c1-3-5-17(11(15(23)24)9-13(19)20)7-8-18(6-4-2)12(16(25)26)10-14(21)22/h11-13,15,19-20,23-24H,3-10H2,1-2H3,(H,21,22)(H,25,26). The van der Waals surface area contributed by atoms with E-state index >= 15 is 0 Å². The van der Waals surface area contributed by atoms with Crippen molar-refractivity contribution < 1.29 is 40.2 Å². The minimum Gasteiger partial charge on any atom is -0.481 e. The third-order valence-corrected chi connectivity index (χ3v) is 4.06. The molecule has 0 spiro atoms. The molecule has 0 bridgehead atoms. The average molecular weight is 380 g/mol. The predicted molar refractivity (Wildman–Crippen MR) is 92.3 cm³/mol. The van der Waals surface area contributed by atoms with E-state index in [1.807, 2.05) is 13.8 Å². The zero-order valence-corrected chi connectivity index (χ0v) is 15.4. The molecule has 0 fully saturated rings. The highest BCUT2D eigenvalue weighted by Gasteiger charge is 2.30. The monoisotopic (exact) mass is 380 g/mol. The Kier molecular flexibility index (Phi) is 12.3. The molecule has 6 N–H and O–H groups in total. The second-order valence-corrected chi connectivity index (χ2v) is 6.22. The van der Waals surface area contributed by atoms with E-state index in [9.17, 15) is 24.9 Å². The van der Waals surface area contributed by atoms with Gasteiger partial charge >= 0.3 is 11.9 Å². The lowest BCUT2D eigenvalue weighted by atomic mass is 10.1. The van der Waals surface area contributed by atoms with Gasteiger partial charge in [-0.05, 0) is 25.9 Å². The summed E-state index contributed by atoms with van der Waals surface area (Å²) in [6.07, 6.45) is -3.04. The number of carbonyl (C=O) groups is 2. The summed E-state index contributed by atoms with van der Waals surface area (Å²) in [6.45, 7) is 4.95. The van der Waals surface area contributed by atoms with E-state index in [0.717, 1.165) is 0 Å². The van der Waals surface area contributed by atoms with Crippen LogP contribution in [0.4, 0.5) is 0 Å². The van der Waals surface area contributed by atoms with Crippen molar-refractivity contribution in [3.05, 3.63) is 0 Å². The van der Waals surface area contributed by atoms with E-state index in [4.69, 9.17) is 15.3 Å². The van der Waals surface area contributed by atoms with Crippen LogP contribution in [0.2, 0.25) is 0 Å². The van der Waals surface area contributed by atoms with E-state index in [1.165, 1.54) is 4.90 Å². The molecule has 0 aromatic carbocycles. The molecule has 0 aromatic rings. The summed E-state index contributed by atoms with van der Waals surface area (Å²) >= 11 is 0. The summed E-state index contributed by atoms with van der Waals surface area (Å²) in [7, 11) is 0. The topological polar surface area (TPSA) is 162 Å². The Balaban J connectivity index is 5.21. The van der Waals surface area contributed by atoms with Gasteiger partial charge in [-0.25, -0.2) is 0 Å². The molecule has 0 aromatic heterocycles. The van der Waals surface area contributed by atoms with Gasteiger partial charge in [0.2, 0.25) is 0 Å². The molecular weight excluding hydrogens is 348 g/mol. The van der Waals surface area contributed by atoms with Gasteiger partial charge < -0.3 is 30.6 Å². The zero-order chi connectivity index (χ0) is 20.3. The SMILES string of the molecule is CCCN(CCN(CCC)C(CC(O)O)C(O)O)C(CC(=O)O)C(=O)O. The maximum absolute atomic E-state index is 11.4. The Morgan fingerprint density at radius 3 is 1.73 bits per heavy atom. The Labute approximate surface area is 153 Å². The molecule has 0 rings (SSSR count). The zero-order valence-electron chi connectivity index (χ0n) is 15.4. The lowest BCUT2D eigenvalue weighted by Gasteiger charge is -2.36. The summed E-state index contributed by atoms with van der Waals surface area (Å²) in [5, 5.41) is 55.7. The van der Waals surface area contributed by atoms with Crippen LogP contribution >= 0.6 is 0 Å². The van der Waals surface area contributed by atoms with Crippen molar-refractivity contribution in [1.82, 2.24) is 9.80 Å².